The van der Waals surface area contributed by atoms with Gasteiger partial charge in [0, 0.05) is 11.4 Å². The molecule has 0 spiro atoms. The summed E-state index contributed by atoms with van der Waals surface area (Å²) in [4.78, 5) is 0.698. The molecule has 1 saturated carbocycles. The average molecular weight is 348 g/mol. The van der Waals surface area contributed by atoms with Crippen molar-refractivity contribution in [2.75, 3.05) is 13.7 Å². The molecule has 0 saturated heterocycles. The van der Waals surface area contributed by atoms with Gasteiger partial charge in [0.15, 0.2) is 0 Å². The van der Waals surface area contributed by atoms with Crippen LogP contribution in [0.15, 0.2) is 29.2 Å². The van der Waals surface area contributed by atoms with Crippen LogP contribution in [-0.2, 0) is 10.0 Å². The summed E-state index contributed by atoms with van der Waals surface area (Å²) in [5.41, 5.74) is 0. The topological polar surface area (TPSA) is 55.4 Å². The van der Waals surface area contributed by atoms with Crippen molar-refractivity contribution in [2.24, 2.45) is 5.92 Å². The van der Waals surface area contributed by atoms with Crippen LogP contribution < -0.4 is 9.46 Å². The van der Waals surface area contributed by atoms with Crippen molar-refractivity contribution in [3.63, 3.8) is 0 Å². The molecular weight excluding hydrogens is 330 g/mol. The first-order chi connectivity index (χ1) is 9.03. The number of halogens is 1. The van der Waals surface area contributed by atoms with Crippen molar-refractivity contribution < 1.29 is 13.2 Å². The number of nitrogens with one attached hydrogen (secondary N) is 1. The van der Waals surface area contributed by atoms with E-state index < -0.39 is 10.0 Å². The third kappa shape index (κ3) is 3.70. The van der Waals surface area contributed by atoms with Crippen LogP contribution in [0.1, 0.15) is 19.3 Å². The Balaban J connectivity index is 2.01. The molecule has 6 heteroatoms. The number of benzene rings is 1. The van der Waals surface area contributed by atoms with Crippen LogP contribution in [0.3, 0.4) is 0 Å². The third-order valence-corrected chi connectivity index (χ3v) is 6.12. The molecule has 0 aliphatic heterocycles. The van der Waals surface area contributed by atoms with Crippen molar-refractivity contribution >= 4 is 26.0 Å². The van der Waals surface area contributed by atoms with Crippen molar-refractivity contribution in [2.45, 2.75) is 29.0 Å². The summed E-state index contributed by atoms with van der Waals surface area (Å²) in [5, 5.41) is 0. The summed E-state index contributed by atoms with van der Waals surface area (Å²) in [7, 11) is -1.87. The second-order valence-electron chi connectivity index (χ2n) is 4.73. The third-order valence-electron chi connectivity index (χ3n) is 3.47. The van der Waals surface area contributed by atoms with E-state index in [4.69, 9.17) is 4.74 Å². The largest absolute Gasteiger partial charge is 0.497 e. The molecule has 0 heterocycles. The summed E-state index contributed by atoms with van der Waals surface area (Å²) in [6.07, 6.45) is 3.35. The van der Waals surface area contributed by atoms with Crippen LogP contribution >= 0.6 is 15.9 Å². The van der Waals surface area contributed by atoms with Crippen molar-refractivity contribution in [3.05, 3.63) is 24.3 Å². The van der Waals surface area contributed by atoms with Gasteiger partial charge in [-0.25, -0.2) is 13.1 Å². The number of methoxy groups -OCH3 is 1. The van der Waals surface area contributed by atoms with Gasteiger partial charge in [-0.2, -0.15) is 0 Å². The van der Waals surface area contributed by atoms with Crippen LogP contribution in [0, 0.1) is 5.92 Å². The Morgan fingerprint density at radius 2 is 2.00 bits per heavy atom. The summed E-state index contributed by atoms with van der Waals surface area (Å²) in [5.74, 6) is 1.03. The maximum atomic E-state index is 12.1. The number of ether oxygens (including phenoxy) is 1. The molecule has 0 radical (unpaired) electrons. The highest BCUT2D eigenvalue weighted by atomic mass is 79.9. The Morgan fingerprint density at radius 1 is 1.32 bits per heavy atom. The van der Waals surface area contributed by atoms with Crippen LogP contribution in [0.2, 0.25) is 0 Å². The minimum absolute atomic E-state index is 0.275. The number of alkyl halides is 1. The molecular formula is C13H18BrNO3S. The number of hydrogen-bond acceptors (Lipinski definition) is 3. The molecule has 0 bridgehead atoms. The molecule has 1 aromatic carbocycles. The van der Waals surface area contributed by atoms with Gasteiger partial charge in [-0.15, -0.1) is 0 Å². The van der Waals surface area contributed by atoms with E-state index in [-0.39, 0.29) is 4.90 Å². The van der Waals surface area contributed by atoms with Gasteiger partial charge in [-0.3, -0.25) is 0 Å². The number of sulfonamides is 1. The molecule has 19 heavy (non-hydrogen) atoms. The minimum atomic E-state index is -3.42. The monoisotopic (exact) mass is 347 g/mol. The predicted octanol–water partition coefficient (Wildman–Crippen LogP) is 2.54. The van der Waals surface area contributed by atoms with Gasteiger partial charge in [0.25, 0.3) is 0 Å². The SMILES string of the molecule is COc1ccc(S(=O)(=O)NCC2CCCC2Br)cc1. The summed E-state index contributed by atoms with van der Waals surface area (Å²) in [6, 6.07) is 6.41. The maximum Gasteiger partial charge on any atom is 0.240 e. The van der Waals surface area contributed by atoms with Crippen molar-refractivity contribution in [1.82, 2.24) is 4.72 Å². The van der Waals surface area contributed by atoms with E-state index >= 15 is 0 Å². The van der Waals surface area contributed by atoms with E-state index in [9.17, 15) is 8.42 Å². The molecule has 2 unspecified atom stereocenters. The van der Waals surface area contributed by atoms with E-state index in [2.05, 4.69) is 20.7 Å². The molecule has 1 aliphatic rings. The Morgan fingerprint density at radius 3 is 2.53 bits per heavy atom. The van der Waals surface area contributed by atoms with Gasteiger partial charge < -0.3 is 4.74 Å². The highest BCUT2D eigenvalue weighted by molar-refractivity contribution is 9.09. The minimum Gasteiger partial charge on any atom is -0.497 e. The van der Waals surface area contributed by atoms with Gasteiger partial charge in [0.1, 0.15) is 5.75 Å². The molecule has 4 nitrogen and oxygen atoms in total. The molecule has 106 valence electrons. The first-order valence-electron chi connectivity index (χ1n) is 6.31. The molecule has 1 N–H and O–H groups in total. The molecule has 0 aromatic heterocycles. The first kappa shape index (κ1) is 14.8. The molecule has 0 amide bonds. The Labute approximate surface area is 122 Å². The van der Waals surface area contributed by atoms with Crippen LogP contribution in [-0.4, -0.2) is 26.9 Å². The van der Waals surface area contributed by atoms with E-state index in [1.165, 1.54) is 0 Å². The lowest BCUT2D eigenvalue weighted by Gasteiger charge is -2.15. The lowest BCUT2D eigenvalue weighted by Crippen LogP contribution is -2.31. The lowest BCUT2D eigenvalue weighted by atomic mass is 10.1. The molecule has 2 atom stereocenters. The van der Waals surface area contributed by atoms with E-state index in [0.29, 0.717) is 23.0 Å². The average Bonchev–Trinajstić information content (AvgIpc) is 2.82. The summed E-state index contributed by atoms with van der Waals surface area (Å²) >= 11 is 3.60. The van der Waals surface area contributed by atoms with Gasteiger partial charge >= 0.3 is 0 Å². The number of hydrogen-bond donors (Lipinski definition) is 1. The molecule has 1 fully saturated rings. The molecule has 2 rings (SSSR count). The highest BCUT2D eigenvalue weighted by Crippen LogP contribution is 2.31. The standard InChI is InChI=1S/C13H18BrNO3S/c1-18-11-5-7-12(8-6-11)19(16,17)15-9-10-3-2-4-13(10)14/h5-8,10,13,15H,2-4,9H2,1H3. The Kier molecular flexibility index (Phi) is 4.86. The fourth-order valence-electron chi connectivity index (χ4n) is 2.28. The zero-order valence-electron chi connectivity index (χ0n) is 10.8. The van der Waals surface area contributed by atoms with Gasteiger partial charge in [-0.1, -0.05) is 22.4 Å². The van der Waals surface area contributed by atoms with Gasteiger partial charge in [-0.05, 0) is 43.0 Å². The van der Waals surface area contributed by atoms with E-state index in [1.807, 2.05) is 0 Å². The van der Waals surface area contributed by atoms with Crippen LogP contribution in [0.4, 0.5) is 0 Å². The molecule has 1 aliphatic carbocycles. The van der Waals surface area contributed by atoms with Crippen LogP contribution in [0.25, 0.3) is 0 Å². The smallest absolute Gasteiger partial charge is 0.240 e. The fraction of sp³-hybridized carbons (Fsp3) is 0.538. The quantitative estimate of drug-likeness (QED) is 0.832. The van der Waals surface area contributed by atoms with Crippen LogP contribution in [0.5, 0.6) is 5.75 Å². The first-order valence-corrected chi connectivity index (χ1v) is 8.70. The summed E-state index contributed by atoms with van der Waals surface area (Å²) < 4.78 is 32.0. The number of rotatable bonds is 5. The Hall–Kier alpha value is -0.590. The lowest BCUT2D eigenvalue weighted by molar-refractivity contribution is 0.414. The van der Waals surface area contributed by atoms with E-state index in [1.54, 1.807) is 31.4 Å². The zero-order valence-corrected chi connectivity index (χ0v) is 13.2. The Bertz CT molecular complexity index is 515. The van der Waals surface area contributed by atoms with E-state index in [0.717, 1.165) is 19.3 Å². The van der Waals surface area contributed by atoms with Crippen molar-refractivity contribution in [1.29, 1.82) is 0 Å². The maximum absolute atomic E-state index is 12.1. The normalized spacial score (nSPS) is 23.5. The second kappa shape index (κ2) is 6.24. The zero-order chi connectivity index (χ0) is 13.9. The summed E-state index contributed by atoms with van der Waals surface area (Å²) in [6.45, 7) is 0.490. The fourth-order valence-corrected chi connectivity index (χ4v) is 4.15. The van der Waals surface area contributed by atoms with Gasteiger partial charge in [0.2, 0.25) is 10.0 Å². The predicted molar refractivity (Wildman–Crippen MR) is 78.2 cm³/mol. The second-order valence-corrected chi connectivity index (χ2v) is 7.68. The van der Waals surface area contributed by atoms with Gasteiger partial charge in [0.05, 0.1) is 12.0 Å². The highest BCUT2D eigenvalue weighted by Gasteiger charge is 2.26. The van der Waals surface area contributed by atoms with Crippen molar-refractivity contribution in [3.8, 4) is 5.75 Å². The molecule has 1 aromatic rings.